The number of carbonyl (C=O) groups excluding carboxylic acids is 2. The van der Waals surface area contributed by atoms with E-state index < -0.39 is 22.4 Å². The molecule has 0 aromatic heterocycles. The number of nitrogens with one attached hydrogen (secondary N) is 1. The van der Waals surface area contributed by atoms with Gasteiger partial charge in [-0.05, 0) is 18.6 Å². The summed E-state index contributed by atoms with van der Waals surface area (Å²) in [7, 11) is 0. The van der Waals surface area contributed by atoms with Crippen molar-refractivity contribution in [3.63, 3.8) is 0 Å². The molecule has 0 heterocycles. The van der Waals surface area contributed by atoms with E-state index in [0.717, 1.165) is 0 Å². The van der Waals surface area contributed by atoms with Crippen molar-refractivity contribution in [3.05, 3.63) is 33.9 Å². The average molecular weight is 266 g/mol. The molecule has 8 heteroatoms. The summed E-state index contributed by atoms with van der Waals surface area (Å²) in [5.41, 5.74) is 9.82. The van der Waals surface area contributed by atoms with Gasteiger partial charge in [-0.1, -0.05) is 6.07 Å². The van der Waals surface area contributed by atoms with Gasteiger partial charge in [-0.25, -0.2) is 0 Å². The zero-order valence-corrected chi connectivity index (χ0v) is 10.1. The van der Waals surface area contributed by atoms with Gasteiger partial charge in [-0.2, -0.15) is 0 Å². The Labute approximate surface area is 108 Å². The second kappa shape index (κ2) is 6.34. The number of nitro groups is 1. The summed E-state index contributed by atoms with van der Waals surface area (Å²) >= 11 is 0. The fourth-order valence-electron chi connectivity index (χ4n) is 1.51. The first kappa shape index (κ1) is 14.4. The van der Waals surface area contributed by atoms with Crippen LogP contribution in [0.3, 0.4) is 0 Å². The van der Waals surface area contributed by atoms with Crippen LogP contribution in [0.1, 0.15) is 23.2 Å². The minimum Gasteiger partial charge on any atom is -0.393 e. The van der Waals surface area contributed by atoms with Gasteiger partial charge in [0.15, 0.2) is 0 Å². The van der Waals surface area contributed by atoms with E-state index in [1.165, 1.54) is 18.2 Å². The van der Waals surface area contributed by atoms with Gasteiger partial charge in [-0.3, -0.25) is 19.7 Å². The van der Waals surface area contributed by atoms with E-state index >= 15 is 0 Å². The minimum atomic E-state index is -0.701. The Morgan fingerprint density at radius 1 is 1.37 bits per heavy atom. The minimum absolute atomic E-state index is 0.0743. The Balaban J connectivity index is 2.74. The molecule has 0 bridgehead atoms. The summed E-state index contributed by atoms with van der Waals surface area (Å²) in [5.74, 6) is -1.08. The third kappa shape index (κ3) is 3.95. The second-order valence-corrected chi connectivity index (χ2v) is 3.83. The third-order valence-corrected chi connectivity index (χ3v) is 2.38. The van der Waals surface area contributed by atoms with E-state index in [-0.39, 0.29) is 24.2 Å². The number of amides is 2. The van der Waals surface area contributed by atoms with Crippen molar-refractivity contribution < 1.29 is 14.5 Å². The van der Waals surface area contributed by atoms with Gasteiger partial charge < -0.3 is 16.8 Å². The van der Waals surface area contributed by atoms with Crippen LogP contribution in [0.2, 0.25) is 0 Å². The molecule has 0 saturated carbocycles. The van der Waals surface area contributed by atoms with Crippen LogP contribution < -0.4 is 16.8 Å². The van der Waals surface area contributed by atoms with E-state index in [1.54, 1.807) is 0 Å². The molecule has 2 amide bonds. The summed E-state index contributed by atoms with van der Waals surface area (Å²) in [4.78, 5) is 32.4. The summed E-state index contributed by atoms with van der Waals surface area (Å²) in [6.45, 7) is 0.202. The average Bonchev–Trinajstić information content (AvgIpc) is 2.33. The largest absolute Gasteiger partial charge is 0.393 e. The molecule has 0 spiro atoms. The number of nitrogens with zero attached hydrogens (tertiary/aromatic N) is 1. The standard InChI is InChI=1S/C11H14N4O4/c12-8-4-1-3-7(10(8)15(18)19)11(17)14-6-2-5-9(13)16/h1,3-4H,2,5-6,12H2,(H2,13,16)(H,14,17). The molecule has 1 aromatic carbocycles. The number of carbonyl (C=O) groups is 2. The van der Waals surface area contributed by atoms with Gasteiger partial charge in [0.2, 0.25) is 5.91 Å². The van der Waals surface area contributed by atoms with Gasteiger partial charge >= 0.3 is 5.69 Å². The number of primary amides is 1. The van der Waals surface area contributed by atoms with Crippen LogP contribution in [0, 0.1) is 10.1 Å². The quantitative estimate of drug-likeness (QED) is 0.291. The Morgan fingerprint density at radius 3 is 2.63 bits per heavy atom. The van der Waals surface area contributed by atoms with Gasteiger partial charge in [0.05, 0.1) is 4.92 Å². The van der Waals surface area contributed by atoms with Crippen molar-refractivity contribution in [3.8, 4) is 0 Å². The lowest BCUT2D eigenvalue weighted by atomic mass is 10.1. The molecule has 5 N–H and O–H groups in total. The topological polar surface area (TPSA) is 141 Å². The number of nitro benzene ring substituents is 1. The first-order valence-corrected chi connectivity index (χ1v) is 5.53. The number of rotatable bonds is 6. The van der Waals surface area contributed by atoms with E-state index in [4.69, 9.17) is 11.5 Å². The van der Waals surface area contributed by atoms with Crippen LogP contribution in [-0.2, 0) is 4.79 Å². The maximum atomic E-state index is 11.8. The number of para-hydroxylation sites is 1. The highest BCUT2D eigenvalue weighted by Gasteiger charge is 2.22. The summed E-state index contributed by atoms with van der Waals surface area (Å²) in [6.07, 6.45) is 0.510. The number of benzene rings is 1. The molecule has 0 saturated heterocycles. The molecule has 0 aliphatic rings. The number of hydrogen-bond acceptors (Lipinski definition) is 5. The van der Waals surface area contributed by atoms with E-state index in [1.807, 2.05) is 0 Å². The van der Waals surface area contributed by atoms with Crippen molar-refractivity contribution >= 4 is 23.2 Å². The lowest BCUT2D eigenvalue weighted by Gasteiger charge is -2.06. The molecule has 0 aliphatic carbocycles. The predicted molar refractivity (Wildman–Crippen MR) is 68.3 cm³/mol. The highest BCUT2D eigenvalue weighted by Crippen LogP contribution is 2.25. The Morgan fingerprint density at radius 2 is 2.05 bits per heavy atom. The molecule has 102 valence electrons. The van der Waals surface area contributed by atoms with Crippen LogP contribution in [0.15, 0.2) is 18.2 Å². The first-order valence-electron chi connectivity index (χ1n) is 5.53. The van der Waals surface area contributed by atoms with Gasteiger partial charge in [0, 0.05) is 13.0 Å². The number of nitrogens with two attached hydrogens (primary N) is 2. The van der Waals surface area contributed by atoms with Gasteiger partial charge in [-0.15, -0.1) is 0 Å². The zero-order valence-electron chi connectivity index (χ0n) is 10.1. The molecule has 0 fully saturated rings. The number of nitrogen functional groups attached to an aromatic ring is 1. The Kier molecular flexibility index (Phi) is 4.81. The second-order valence-electron chi connectivity index (χ2n) is 3.83. The van der Waals surface area contributed by atoms with Crippen LogP contribution in [0.25, 0.3) is 0 Å². The first-order chi connectivity index (χ1) is 8.93. The SMILES string of the molecule is NC(=O)CCCNC(=O)c1cccc(N)c1[N+](=O)[O-]. The Bertz CT molecular complexity index is 515. The Hall–Kier alpha value is -2.64. The smallest absolute Gasteiger partial charge is 0.304 e. The molecule has 0 radical (unpaired) electrons. The third-order valence-electron chi connectivity index (χ3n) is 2.38. The predicted octanol–water partition coefficient (Wildman–Crippen LogP) is 0.172. The van der Waals surface area contributed by atoms with E-state index in [0.29, 0.717) is 6.42 Å². The fourth-order valence-corrected chi connectivity index (χ4v) is 1.51. The molecule has 0 unspecified atom stereocenters. The zero-order chi connectivity index (χ0) is 14.4. The number of hydrogen-bond donors (Lipinski definition) is 3. The van der Waals surface area contributed by atoms with Crippen LogP contribution in [0.4, 0.5) is 11.4 Å². The molecule has 19 heavy (non-hydrogen) atoms. The van der Waals surface area contributed by atoms with Crippen LogP contribution in [-0.4, -0.2) is 23.3 Å². The highest BCUT2D eigenvalue weighted by atomic mass is 16.6. The van der Waals surface area contributed by atoms with E-state index in [2.05, 4.69) is 5.32 Å². The normalized spacial score (nSPS) is 9.89. The lowest BCUT2D eigenvalue weighted by Crippen LogP contribution is -2.26. The lowest BCUT2D eigenvalue weighted by molar-refractivity contribution is -0.384. The summed E-state index contributed by atoms with van der Waals surface area (Å²) in [6, 6.07) is 4.13. The van der Waals surface area contributed by atoms with Gasteiger partial charge in [0.1, 0.15) is 11.3 Å². The van der Waals surface area contributed by atoms with Crippen molar-refractivity contribution in [1.29, 1.82) is 0 Å². The molecular formula is C11H14N4O4. The monoisotopic (exact) mass is 266 g/mol. The van der Waals surface area contributed by atoms with Crippen LogP contribution in [0.5, 0.6) is 0 Å². The highest BCUT2D eigenvalue weighted by molar-refractivity contribution is 6.00. The summed E-state index contributed by atoms with van der Waals surface area (Å²) < 4.78 is 0. The molecule has 1 aromatic rings. The fraction of sp³-hybridized carbons (Fsp3) is 0.273. The molecule has 1 rings (SSSR count). The van der Waals surface area contributed by atoms with Gasteiger partial charge in [0.25, 0.3) is 5.91 Å². The molecule has 8 nitrogen and oxygen atoms in total. The molecular weight excluding hydrogens is 252 g/mol. The van der Waals surface area contributed by atoms with Crippen molar-refractivity contribution in [2.24, 2.45) is 5.73 Å². The maximum Gasteiger partial charge on any atom is 0.304 e. The molecule has 0 atom stereocenters. The number of anilines is 1. The van der Waals surface area contributed by atoms with Crippen LogP contribution >= 0.6 is 0 Å². The van der Waals surface area contributed by atoms with Crippen molar-refractivity contribution in [2.45, 2.75) is 12.8 Å². The summed E-state index contributed by atoms with van der Waals surface area (Å²) in [5, 5.41) is 13.3. The maximum absolute atomic E-state index is 11.8. The van der Waals surface area contributed by atoms with E-state index in [9.17, 15) is 19.7 Å². The van der Waals surface area contributed by atoms with Crippen molar-refractivity contribution in [1.82, 2.24) is 5.32 Å². The van der Waals surface area contributed by atoms with Crippen molar-refractivity contribution in [2.75, 3.05) is 12.3 Å². The molecule has 0 aliphatic heterocycles.